The van der Waals surface area contributed by atoms with Gasteiger partial charge >= 0.3 is 5.97 Å². The molecular weight excluding hydrogens is 456 g/mol. The molecule has 1 N–H and O–H groups in total. The number of fused-ring (bicyclic) bond motifs is 1. The minimum Gasteiger partial charge on any atom is -0.451 e. The predicted octanol–water partition coefficient (Wildman–Crippen LogP) is 3.61. The average Bonchev–Trinajstić information content (AvgIpc) is 3.40. The quantitative estimate of drug-likeness (QED) is 0.317. The maximum absolute atomic E-state index is 12.7. The summed E-state index contributed by atoms with van der Waals surface area (Å²) < 4.78 is 5.35. The molecule has 2 aromatic carbocycles. The number of nitrogens with zero attached hydrogens (tertiary/aromatic N) is 1. The Morgan fingerprint density at radius 2 is 1.65 bits per heavy atom. The largest absolute Gasteiger partial charge is 0.451 e. The minimum atomic E-state index is -1.05. The molecule has 34 heavy (non-hydrogen) atoms. The lowest BCUT2D eigenvalue weighted by molar-refractivity contribution is -0.119. The summed E-state index contributed by atoms with van der Waals surface area (Å²) in [5, 5.41) is 2.66. The number of imide groups is 1. The molecule has 0 bridgehead atoms. The molecule has 0 saturated heterocycles. The van der Waals surface area contributed by atoms with E-state index in [2.05, 4.69) is 5.32 Å². The van der Waals surface area contributed by atoms with Crippen molar-refractivity contribution in [3.63, 3.8) is 0 Å². The third kappa shape index (κ3) is 4.51. The highest BCUT2D eigenvalue weighted by atomic mass is 32.1. The van der Waals surface area contributed by atoms with E-state index in [1.807, 2.05) is 0 Å². The lowest BCUT2D eigenvalue weighted by Gasteiger charge is -2.16. The standard InChI is InChI=1S/C25H20N2O6S/c1-14(22(29)21-11-10-18(34-21)13-26-15(2)28)33-25(32)16-6-5-7-17(12-16)27-23(30)19-8-3-4-9-20(19)24(27)31/h3-12,14H,13H2,1-2H3,(H,26,28). The molecule has 2 heterocycles. The molecule has 8 nitrogen and oxygen atoms in total. The summed E-state index contributed by atoms with van der Waals surface area (Å²) in [6.45, 7) is 3.19. The summed E-state index contributed by atoms with van der Waals surface area (Å²) in [4.78, 5) is 64.1. The number of thiophene rings is 1. The van der Waals surface area contributed by atoms with Crippen LogP contribution < -0.4 is 10.2 Å². The zero-order valence-corrected chi connectivity index (χ0v) is 19.2. The second kappa shape index (κ2) is 9.40. The highest BCUT2D eigenvalue weighted by Crippen LogP contribution is 2.29. The predicted molar refractivity (Wildman–Crippen MR) is 125 cm³/mol. The average molecular weight is 477 g/mol. The van der Waals surface area contributed by atoms with Crippen molar-refractivity contribution in [3.05, 3.63) is 87.1 Å². The van der Waals surface area contributed by atoms with Crippen LogP contribution in [0.2, 0.25) is 0 Å². The Morgan fingerprint density at radius 1 is 0.971 bits per heavy atom. The first-order valence-electron chi connectivity index (χ1n) is 10.4. The molecule has 0 aliphatic carbocycles. The number of benzene rings is 2. The Bertz CT molecular complexity index is 1290. The van der Waals surface area contributed by atoms with Crippen molar-refractivity contribution >= 4 is 46.5 Å². The van der Waals surface area contributed by atoms with E-state index in [-0.39, 0.29) is 22.9 Å². The maximum Gasteiger partial charge on any atom is 0.338 e. The fourth-order valence-corrected chi connectivity index (χ4v) is 4.46. The van der Waals surface area contributed by atoms with E-state index in [1.165, 1.54) is 43.4 Å². The number of anilines is 1. The van der Waals surface area contributed by atoms with Crippen molar-refractivity contribution in [1.29, 1.82) is 0 Å². The number of esters is 1. The van der Waals surface area contributed by atoms with Gasteiger partial charge < -0.3 is 10.1 Å². The Hall–Kier alpha value is -4.11. The molecule has 1 aromatic heterocycles. The van der Waals surface area contributed by atoms with Gasteiger partial charge in [0.1, 0.15) is 0 Å². The van der Waals surface area contributed by atoms with E-state index in [4.69, 9.17) is 4.74 Å². The monoisotopic (exact) mass is 476 g/mol. The fraction of sp³-hybridized carbons (Fsp3) is 0.160. The van der Waals surface area contributed by atoms with Crippen LogP contribution in [0.15, 0.2) is 60.7 Å². The van der Waals surface area contributed by atoms with Crippen LogP contribution in [0.5, 0.6) is 0 Å². The lowest BCUT2D eigenvalue weighted by atomic mass is 10.1. The number of hydrogen-bond donors (Lipinski definition) is 1. The Kier molecular flexibility index (Phi) is 6.38. The van der Waals surface area contributed by atoms with Crippen LogP contribution in [0.4, 0.5) is 5.69 Å². The zero-order valence-electron chi connectivity index (χ0n) is 18.4. The van der Waals surface area contributed by atoms with E-state index in [0.29, 0.717) is 22.5 Å². The molecule has 1 atom stereocenters. The van der Waals surface area contributed by atoms with Gasteiger partial charge in [0.15, 0.2) is 6.10 Å². The first-order chi connectivity index (χ1) is 16.3. The van der Waals surface area contributed by atoms with E-state index < -0.39 is 23.9 Å². The molecule has 0 saturated carbocycles. The number of ether oxygens (including phenoxy) is 1. The number of hydrogen-bond acceptors (Lipinski definition) is 7. The van der Waals surface area contributed by atoms with Gasteiger partial charge in [-0.2, -0.15) is 0 Å². The molecule has 9 heteroatoms. The van der Waals surface area contributed by atoms with Gasteiger partial charge in [-0.25, -0.2) is 9.69 Å². The van der Waals surface area contributed by atoms with Gasteiger partial charge in [0.25, 0.3) is 11.8 Å². The zero-order chi connectivity index (χ0) is 24.4. The van der Waals surface area contributed by atoms with Gasteiger partial charge in [0, 0.05) is 11.8 Å². The van der Waals surface area contributed by atoms with Crippen LogP contribution in [-0.2, 0) is 16.1 Å². The van der Waals surface area contributed by atoms with Crippen molar-refractivity contribution in [1.82, 2.24) is 5.32 Å². The van der Waals surface area contributed by atoms with Crippen molar-refractivity contribution in [3.8, 4) is 0 Å². The van der Waals surface area contributed by atoms with Crippen molar-refractivity contribution in [2.75, 3.05) is 4.90 Å². The molecule has 0 radical (unpaired) electrons. The SMILES string of the molecule is CC(=O)NCc1ccc(C(=O)C(C)OC(=O)c2cccc(N3C(=O)c4ccccc4C3=O)c2)s1. The molecule has 1 aliphatic heterocycles. The third-order valence-electron chi connectivity index (χ3n) is 5.20. The molecule has 4 rings (SSSR count). The van der Waals surface area contributed by atoms with E-state index >= 15 is 0 Å². The molecule has 1 unspecified atom stereocenters. The summed E-state index contributed by atoms with van der Waals surface area (Å²) in [6, 6.07) is 15.8. The van der Waals surface area contributed by atoms with Gasteiger partial charge in [-0.05, 0) is 49.4 Å². The van der Waals surface area contributed by atoms with Gasteiger partial charge in [-0.15, -0.1) is 11.3 Å². The highest BCUT2D eigenvalue weighted by molar-refractivity contribution is 7.14. The first kappa shape index (κ1) is 23.1. The van der Waals surface area contributed by atoms with Crippen molar-refractivity contribution in [2.24, 2.45) is 0 Å². The van der Waals surface area contributed by atoms with Gasteiger partial charge in [0.2, 0.25) is 11.7 Å². The lowest BCUT2D eigenvalue weighted by Crippen LogP contribution is -2.29. The molecule has 3 amide bonds. The number of rotatable bonds is 7. The molecule has 172 valence electrons. The van der Waals surface area contributed by atoms with E-state index in [9.17, 15) is 24.0 Å². The summed E-state index contributed by atoms with van der Waals surface area (Å²) in [5.41, 5.74) is 0.939. The van der Waals surface area contributed by atoms with Crippen molar-refractivity contribution < 1.29 is 28.7 Å². The number of nitrogens with one attached hydrogen (secondary N) is 1. The summed E-state index contributed by atoms with van der Waals surface area (Å²) in [6.07, 6.45) is -1.05. The van der Waals surface area contributed by atoms with Crippen LogP contribution in [0, 0.1) is 0 Å². The Balaban J connectivity index is 1.46. The number of amides is 3. The Morgan fingerprint density at radius 3 is 2.29 bits per heavy atom. The van der Waals surface area contributed by atoms with Crippen LogP contribution in [0.3, 0.4) is 0 Å². The molecule has 3 aromatic rings. The first-order valence-corrected chi connectivity index (χ1v) is 11.2. The second-order valence-electron chi connectivity index (χ2n) is 7.63. The van der Waals surface area contributed by atoms with Gasteiger partial charge in [-0.3, -0.25) is 19.2 Å². The van der Waals surface area contributed by atoms with Crippen LogP contribution in [0.1, 0.15) is 59.5 Å². The molecule has 0 fully saturated rings. The van der Waals surface area contributed by atoms with Crippen molar-refractivity contribution in [2.45, 2.75) is 26.5 Å². The smallest absolute Gasteiger partial charge is 0.338 e. The molecule has 0 spiro atoms. The second-order valence-corrected chi connectivity index (χ2v) is 8.80. The topological polar surface area (TPSA) is 110 Å². The van der Waals surface area contributed by atoms with Crippen LogP contribution in [0.25, 0.3) is 0 Å². The minimum absolute atomic E-state index is 0.103. The summed E-state index contributed by atoms with van der Waals surface area (Å²) >= 11 is 1.21. The Labute approximate surface area is 199 Å². The number of carbonyl (C=O) groups excluding carboxylic acids is 5. The number of Topliss-reactive ketones (excluding diaryl/α,β-unsaturated/α-hetero) is 1. The molecular formula is C25H20N2O6S. The van der Waals surface area contributed by atoms with E-state index in [1.54, 1.807) is 42.5 Å². The fourth-order valence-electron chi connectivity index (χ4n) is 3.50. The molecule has 1 aliphatic rings. The normalized spacial score (nSPS) is 13.4. The summed E-state index contributed by atoms with van der Waals surface area (Å²) in [5.74, 6) is -2.24. The maximum atomic E-state index is 12.7. The van der Waals surface area contributed by atoms with Gasteiger partial charge in [-0.1, -0.05) is 18.2 Å². The van der Waals surface area contributed by atoms with E-state index in [0.717, 1.165) is 9.78 Å². The number of carbonyl (C=O) groups is 5. The number of ketones is 1. The summed E-state index contributed by atoms with van der Waals surface area (Å²) in [7, 11) is 0. The highest BCUT2D eigenvalue weighted by Gasteiger charge is 2.36. The third-order valence-corrected chi connectivity index (χ3v) is 6.30. The van der Waals surface area contributed by atoms with Crippen LogP contribution >= 0.6 is 11.3 Å². The van der Waals surface area contributed by atoms with Crippen LogP contribution in [-0.4, -0.2) is 35.6 Å². The van der Waals surface area contributed by atoms with Gasteiger partial charge in [0.05, 0.1) is 33.8 Å².